The Morgan fingerprint density at radius 3 is 1.90 bits per heavy atom. The van der Waals surface area contributed by atoms with E-state index in [0.717, 1.165) is 19.3 Å². The van der Waals surface area contributed by atoms with E-state index in [2.05, 4.69) is 39.9 Å². The molecule has 0 aromatic heterocycles. The van der Waals surface area contributed by atoms with Gasteiger partial charge in [-0.15, -0.1) is 0 Å². The zero-order valence-corrected chi connectivity index (χ0v) is 15.4. The van der Waals surface area contributed by atoms with E-state index in [-0.39, 0.29) is 27.9 Å². The number of Topliss-reactive ketones (excluding diaryl/α,β-unsaturated/α-hetero) is 1. The number of amides is 1. The van der Waals surface area contributed by atoms with Gasteiger partial charge in [-0.2, -0.15) is 0 Å². The Hall–Kier alpha value is -0.860. The number of nitrogens with one attached hydrogen (secondary N) is 1. The molecule has 0 aliphatic heterocycles. The molecule has 124 valence electrons. The van der Waals surface area contributed by atoms with E-state index in [1.807, 2.05) is 13.8 Å². The molecule has 0 spiro atoms. The Labute approximate surface area is 131 Å². The zero-order valence-electron chi connectivity index (χ0n) is 15.4. The van der Waals surface area contributed by atoms with Gasteiger partial charge in [0.2, 0.25) is 5.91 Å². The average Bonchev–Trinajstić information content (AvgIpc) is 2.24. The van der Waals surface area contributed by atoms with Gasteiger partial charge in [-0.25, -0.2) is 0 Å². The molecule has 0 fully saturated rings. The van der Waals surface area contributed by atoms with Gasteiger partial charge in [0.15, 0.2) is 0 Å². The first kappa shape index (κ1) is 20.1. The van der Waals surface area contributed by atoms with Crippen molar-refractivity contribution in [1.29, 1.82) is 0 Å². The maximum absolute atomic E-state index is 12.1. The van der Waals surface area contributed by atoms with Gasteiger partial charge in [0.05, 0.1) is 0 Å². The molecule has 0 aliphatic carbocycles. The fraction of sp³-hybridized carbons (Fsp3) is 0.889. The molecule has 0 heterocycles. The first-order valence-electron chi connectivity index (χ1n) is 8.09. The Bertz CT molecular complexity index is 367. The van der Waals surface area contributed by atoms with Crippen molar-refractivity contribution in [3.8, 4) is 0 Å². The van der Waals surface area contributed by atoms with Crippen molar-refractivity contribution in [2.75, 3.05) is 6.54 Å². The van der Waals surface area contributed by atoms with Crippen LogP contribution in [0, 0.1) is 16.2 Å². The first-order chi connectivity index (χ1) is 9.31. The van der Waals surface area contributed by atoms with Crippen molar-refractivity contribution < 1.29 is 9.59 Å². The van der Waals surface area contributed by atoms with Crippen LogP contribution in [-0.2, 0) is 9.59 Å². The van der Waals surface area contributed by atoms with E-state index in [0.29, 0.717) is 13.0 Å². The van der Waals surface area contributed by atoms with Gasteiger partial charge in [-0.1, -0.05) is 54.9 Å². The number of hydrogen-bond acceptors (Lipinski definition) is 2. The topological polar surface area (TPSA) is 46.2 Å². The van der Waals surface area contributed by atoms with Crippen molar-refractivity contribution in [3.05, 3.63) is 0 Å². The van der Waals surface area contributed by atoms with Crippen LogP contribution in [-0.4, -0.2) is 18.2 Å². The Morgan fingerprint density at radius 1 is 0.952 bits per heavy atom. The summed E-state index contributed by atoms with van der Waals surface area (Å²) in [5, 5.41) is 3.05. The third kappa shape index (κ3) is 8.23. The molecular formula is C18H35NO2. The molecule has 0 saturated carbocycles. The molecule has 0 rings (SSSR count). The summed E-state index contributed by atoms with van der Waals surface area (Å²) >= 11 is 0. The monoisotopic (exact) mass is 297 g/mol. The normalized spacial score (nSPS) is 13.1. The van der Waals surface area contributed by atoms with Crippen LogP contribution in [0.4, 0.5) is 0 Å². The van der Waals surface area contributed by atoms with Crippen LogP contribution in [0.15, 0.2) is 0 Å². The molecule has 3 nitrogen and oxygen atoms in total. The zero-order chi connectivity index (χ0) is 16.9. The molecule has 0 radical (unpaired) electrons. The van der Waals surface area contributed by atoms with E-state index in [9.17, 15) is 9.59 Å². The van der Waals surface area contributed by atoms with Gasteiger partial charge in [-0.3, -0.25) is 9.59 Å². The molecule has 0 aromatic carbocycles. The average molecular weight is 297 g/mol. The molecule has 1 amide bonds. The highest BCUT2D eigenvalue weighted by Crippen LogP contribution is 2.34. The molecule has 3 heteroatoms. The second kappa shape index (κ2) is 7.42. The Morgan fingerprint density at radius 2 is 1.48 bits per heavy atom. The fourth-order valence-electron chi connectivity index (χ4n) is 2.98. The summed E-state index contributed by atoms with van der Waals surface area (Å²) in [6.45, 7) is 16.8. The van der Waals surface area contributed by atoms with E-state index >= 15 is 0 Å². The summed E-state index contributed by atoms with van der Waals surface area (Å²) in [6, 6.07) is 0. The largest absolute Gasteiger partial charge is 0.356 e. The minimum atomic E-state index is -0.338. The van der Waals surface area contributed by atoms with E-state index in [1.165, 1.54) is 0 Å². The predicted octanol–water partition coefficient (Wildman–Crippen LogP) is 4.35. The van der Waals surface area contributed by atoms with Gasteiger partial charge in [-0.05, 0) is 30.6 Å². The van der Waals surface area contributed by atoms with Crippen LogP contribution in [0.25, 0.3) is 0 Å². The van der Waals surface area contributed by atoms with Crippen molar-refractivity contribution in [2.45, 2.75) is 81.1 Å². The molecule has 0 atom stereocenters. The predicted molar refractivity (Wildman–Crippen MR) is 89.2 cm³/mol. The molecule has 1 N–H and O–H groups in total. The summed E-state index contributed by atoms with van der Waals surface area (Å²) in [5.74, 6) is 0.313. The summed E-state index contributed by atoms with van der Waals surface area (Å²) in [4.78, 5) is 23.8. The lowest BCUT2D eigenvalue weighted by Crippen LogP contribution is -2.39. The van der Waals surface area contributed by atoms with Crippen molar-refractivity contribution in [1.82, 2.24) is 5.32 Å². The summed E-state index contributed by atoms with van der Waals surface area (Å²) < 4.78 is 0. The third-order valence-corrected chi connectivity index (χ3v) is 4.20. The van der Waals surface area contributed by atoms with Crippen LogP contribution < -0.4 is 5.32 Å². The quantitative estimate of drug-likeness (QED) is 0.687. The Balaban J connectivity index is 4.43. The van der Waals surface area contributed by atoms with Crippen molar-refractivity contribution in [2.24, 2.45) is 16.2 Å². The van der Waals surface area contributed by atoms with Crippen molar-refractivity contribution >= 4 is 11.7 Å². The van der Waals surface area contributed by atoms with Crippen LogP contribution in [0.2, 0.25) is 0 Å². The Kier molecular flexibility index (Phi) is 7.11. The third-order valence-electron chi connectivity index (χ3n) is 4.20. The van der Waals surface area contributed by atoms with Gasteiger partial charge in [0.1, 0.15) is 5.78 Å². The maximum atomic E-state index is 12.1. The van der Waals surface area contributed by atoms with Crippen molar-refractivity contribution in [3.63, 3.8) is 0 Å². The van der Waals surface area contributed by atoms with E-state index in [4.69, 9.17) is 0 Å². The smallest absolute Gasteiger partial charge is 0.220 e. The van der Waals surface area contributed by atoms with Crippen LogP contribution in [0.5, 0.6) is 0 Å². The number of rotatable bonds is 9. The molecule has 0 aliphatic rings. The number of carbonyl (C=O) groups is 2. The van der Waals surface area contributed by atoms with Crippen LogP contribution in [0.1, 0.15) is 81.1 Å². The summed E-state index contributed by atoms with van der Waals surface area (Å²) in [6.07, 6.45) is 3.49. The van der Waals surface area contributed by atoms with Crippen LogP contribution in [0.3, 0.4) is 0 Å². The molecule has 0 saturated heterocycles. The highest BCUT2D eigenvalue weighted by molar-refractivity contribution is 5.81. The second-order valence-corrected chi connectivity index (χ2v) is 8.65. The molecule has 0 unspecified atom stereocenters. The molecule has 0 bridgehead atoms. The lowest BCUT2D eigenvalue weighted by Gasteiger charge is -2.34. The van der Waals surface area contributed by atoms with Gasteiger partial charge in [0.25, 0.3) is 0 Å². The highest BCUT2D eigenvalue weighted by Gasteiger charge is 2.32. The lowest BCUT2D eigenvalue weighted by molar-refractivity contribution is -0.126. The first-order valence-corrected chi connectivity index (χ1v) is 8.09. The minimum absolute atomic E-state index is 0.0572. The summed E-state index contributed by atoms with van der Waals surface area (Å²) in [7, 11) is 0. The number of ketones is 1. The molecule has 21 heavy (non-hydrogen) atoms. The minimum Gasteiger partial charge on any atom is -0.356 e. The number of hydrogen-bond donors (Lipinski definition) is 1. The highest BCUT2D eigenvalue weighted by atomic mass is 16.1. The molecule has 0 aromatic rings. The van der Waals surface area contributed by atoms with Crippen LogP contribution >= 0.6 is 0 Å². The summed E-state index contributed by atoms with van der Waals surface area (Å²) in [5.41, 5.74) is -0.364. The van der Waals surface area contributed by atoms with Gasteiger partial charge >= 0.3 is 0 Å². The SMILES string of the molecule is CCCC(C)(C)CC(=O)NCC(C)(C)CC(C)(C)C(C)=O. The fourth-order valence-corrected chi connectivity index (χ4v) is 2.98. The van der Waals surface area contributed by atoms with Gasteiger partial charge in [0, 0.05) is 18.4 Å². The number of carbonyl (C=O) groups excluding carboxylic acids is 2. The van der Waals surface area contributed by atoms with E-state index in [1.54, 1.807) is 6.92 Å². The molecular weight excluding hydrogens is 262 g/mol. The standard InChI is InChI=1S/C18H35NO2/c1-9-10-16(3,4)11-15(21)19-13-17(5,6)12-18(7,8)14(2)20/h9-13H2,1-8H3,(H,19,21). The van der Waals surface area contributed by atoms with E-state index < -0.39 is 0 Å². The lowest BCUT2D eigenvalue weighted by atomic mass is 9.73. The second-order valence-electron chi connectivity index (χ2n) is 8.65. The maximum Gasteiger partial charge on any atom is 0.220 e. The van der Waals surface area contributed by atoms with Gasteiger partial charge < -0.3 is 5.32 Å².